The summed E-state index contributed by atoms with van der Waals surface area (Å²) in [6.45, 7) is 2.01. The fraction of sp³-hybridized carbons (Fsp3) is 0.333. The zero-order chi connectivity index (χ0) is 10.4. The number of carbonyl (C=O) groups excluding carboxylic acids is 1. The van der Waals surface area contributed by atoms with Crippen molar-refractivity contribution in [1.29, 1.82) is 0 Å². The van der Waals surface area contributed by atoms with Gasteiger partial charge in [-0.25, -0.2) is 4.98 Å². The van der Waals surface area contributed by atoms with Crippen LogP contribution in [0.5, 0.6) is 0 Å². The van der Waals surface area contributed by atoms with Crippen LogP contribution in [0, 0.1) is 6.92 Å². The lowest BCUT2D eigenvalue weighted by atomic mass is 10.2. The number of hydrogen-bond donors (Lipinski definition) is 0. The van der Waals surface area contributed by atoms with Crippen molar-refractivity contribution < 1.29 is 4.79 Å². The summed E-state index contributed by atoms with van der Waals surface area (Å²) in [5.74, 6) is 1.61. The number of fused-ring (bicyclic) bond motifs is 1. The molecule has 0 aliphatic heterocycles. The van der Waals surface area contributed by atoms with Crippen molar-refractivity contribution >= 4 is 11.8 Å². The molecule has 2 aromatic heterocycles. The third-order valence-corrected chi connectivity index (χ3v) is 2.97. The van der Waals surface area contributed by atoms with Crippen molar-refractivity contribution in [2.45, 2.75) is 25.7 Å². The summed E-state index contributed by atoms with van der Waals surface area (Å²) in [7, 11) is 0. The van der Waals surface area contributed by atoms with E-state index < -0.39 is 0 Å². The van der Waals surface area contributed by atoms with E-state index in [-0.39, 0.29) is 0 Å². The minimum absolute atomic E-state index is 0.563. The summed E-state index contributed by atoms with van der Waals surface area (Å²) in [5.41, 5.74) is 2.66. The van der Waals surface area contributed by atoms with Crippen molar-refractivity contribution in [2.75, 3.05) is 0 Å². The molecule has 0 saturated heterocycles. The number of aryl methyl sites for hydroxylation is 1. The van der Waals surface area contributed by atoms with Crippen molar-refractivity contribution in [3.8, 4) is 0 Å². The van der Waals surface area contributed by atoms with Crippen LogP contribution in [0.15, 0.2) is 18.3 Å². The van der Waals surface area contributed by atoms with Gasteiger partial charge in [0.2, 0.25) is 0 Å². The smallest absolute Gasteiger partial charge is 0.170 e. The van der Waals surface area contributed by atoms with Gasteiger partial charge in [0.15, 0.2) is 6.29 Å². The van der Waals surface area contributed by atoms with E-state index in [1.165, 1.54) is 12.8 Å². The summed E-state index contributed by atoms with van der Waals surface area (Å²) in [6.07, 6.45) is 5.25. The molecule has 1 aliphatic rings. The van der Waals surface area contributed by atoms with Crippen LogP contribution < -0.4 is 0 Å². The van der Waals surface area contributed by atoms with Gasteiger partial charge in [-0.1, -0.05) is 6.07 Å². The van der Waals surface area contributed by atoms with Crippen LogP contribution in [0.25, 0.3) is 5.52 Å². The Kier molecular flexibility index (Phi) is 1.69. The predicted octanol–water partition coefficient (Wildman–Crippen LogP) is 2.33. The second kappa shape index (κ2) is 2.92. The Morgan fingerprint density at radius 3 is 3.00 bits per heavy atom. The van der Waals surface area contributed by atoms with Gasteiger partial charge >= 0.3 is 0 Å². The molecule has 0 spiro atoms. The lowest BCUT2D eigenvalue weighted by molar-refractivity contribution is 0.112. The Hall–Kier alpha value is -1.64. The number of pyridine rings is 1. The van der Waals surface area contributed by atoms with Crippen LogP contribution in [0.4, 0.5) is 0 Å². The SMILES string of the molecule is Cc1cccn2c(C3CC3)nc(C=O)c12. The van der Waals surface area contributed by atoms with Gasteiger partial charge in [0.1, 0.15) is 11.5 Å². The first kappa shape index (κ1) is 8.65. The Bertz CT molecular complexity index is 538. The fourth-order valence-corrected chi connectivity index (χ4v) is 2.08. The van der Waals surface area contributed by atoms with E-state index in [1.807, 2.05) is 25.3 Å². The number of hydrogen-bond acceptors (Lipinski definition) is 2. The molecule has 0 N–H and O–H groups in total. The summed E-state index contributed by atoms with van der Waals surface area (Å²) in [5, 5.41) is 0. The Morgan fingerprint density at radius 2 is 2.33 bits per heavy atom. The highest BCUT2D eigenvalue weighted by molar-refractivity contribution is 5.85. The molecule has 1 saturated carbocycles. The molecule has 2 aromatic rings. The third-order valence-electron chi connectivity index (χ3n) is 2.97. The second-order valence-electron chi connectivity index (χ2n) is 4.16. The number of aromatic nitrogens is 2. The number of carbonyl (C=O) groups is 1. The molecule has 0 unspecified atom stereocenters. The van der Waals surface area contributed by atoms with Crippen LogP contribution in [-0.4, -0.2) is 15.7 Å². The van der Waals surface area contributed by atoms with Crippen molar-refractivity contribution in [3.05, 3.63) is 35.4 Å². The molecule has 3 nitrogen and oxygen atoms in total. The Labute approximate surface area is 87.7 Å². The number of aldehydes is 1. The summed E-state index contributed by atoms with van der Waals surface area (Å²) in [4.78, 5) is 15.4. The van der Waals surface area contributed by atoms with E-state index in [4.69, 9.17) is 0 Å². The Balaban J connectivity index is 2.38. The highest BCUT2D eigenvalue weighted by Crippen LogP contribution is 2.40. The van der Waals surface area contributed by atoms with Gasteiger partial charge in [0.25, 0.3) is 0 Å². The average molecular weight is 200 g/mol. The third kappa shape index (κ3) is 1.19. The number of rotatable bonds is 2. The maximum Gasteiger partial charge on any atom is 0.170 e. The van der Waals surface area contributed by atoms with E-state index in [2.05, 4.69) is 9.38 Å². The lowest BCUT2D eigenvalue weighted by Gasteiger charge is -2.00. The molecule has 0 atom stereocenters. The second-order valence-corrected chi connectivity index (χ2v) is 4.16. The minimum atomic E-state index is 0.563. The predicted molar refractivity (Wildman–Crippen MR) is 57.3 cm³/mol. The maximum atomic E-state index is 11.0. The summed E-state index contributed by atoms with van der Waals surface area (Å²) < 4.78 is 2.07. The summed E-state index contributed by atoms with van der Waals surface area (Å²) >= 11 is 0. The number of nitrogens with zero attached hydrogens (tertiary/aromatic N) is 2. The molecule has 76 valence electrons. The van der Waals surface area contributed by atoms with Crippen LogP contribution >= 0.6 is 0 Å². The van der Waals surface area contributed by atoms with Gasteiger partial charge in [0, 0.05) is 12.1 Å². The molecule has 2 heterocycles. The van der Waals surface area contributed by atoms with E-state index in [0.29, 0.717) is 11.6 Å². The van der Waals surface area contributed by atoms with E-state index in [1.54, 1.807) is 0 Å². The highest BCUT2D eigenvalue weighted by atomic mass is 16.1. The zero-order valence-corrected chi connectivity index (χ0v) is 8.60. The van der Waals surface area contributed by atoms with Gasteiger partial charge in [0.05, 0.1) is 5.52 Å². The van der Waals surface area contributed by atoms with Crippen molar-refractivity contribution in [2.24, 2.45) is 0 Å². The Morgan fingerprint density at radius 1 is 1.53 bits per heavy atom. The molecule has 0 bridgehead atoms. The number of imidazole rings is 1. The van der Waals surface area contributed by atoms with Crippen LogP contribution in [0.1, 0.15) is 40.6 Å². The molecule has 3 heteroatoms. The van der Waals surface area contributed by atoms with Gasteiger partial charge < -0.3 is 4.40 Å². The van der Waals surface area contributed by atoms with Crippen molar-refractivity contribution in [1.82, 2.24) is 9.38 Å². The van der Waals surface area contributed by atoms with Crippen molar-refractivity contribution in [3.63, 3.8) is 0 Å². The fourth-order valence-electron chi connectivity index (χ4n) is 2.08. The zero-order valence-electron chi connectivity index (χ0n) is 8.60. The normalized spacial score (nSPS) is 15.8. The first-order chi connectivity index (χ1) is 7.31. The van der Waals surface area contributed by atoms with Crippen LogP contribution in [0.3, 0.4) is 0 Å². The summed E-state index contributed by atoms with van der Waals surface area (Å²) in [6, 6.07) is 4.02. The molecule has 0 amide bonds. The maximum absolute atomic E-state index is 11.0. The van der Waals surface area contributed by atoms with Gasteiger partial charge in [-0.05, 0) is 31.4 Å². The monoisotopic (exact) mass is 200 g/mol. The molecule has 0 radical (unpaired) electrons. The molecular formula is C12H12N2O. The molecule has 1 fully saturated rings. The van der Waals surface area contributed by atoms with E-state index in [0.717, 1.165) is 23.2 Å². The average Bonchev–Trinajstić information content (AvgIpc) is 3.00. The lowest BCUT2D eigenvalue weighted by Crippen LogP contribution is -1.92. The van der Waals surface area contributed by atoms with Gasteiger partial charge in [-0.15, -0.1) is 0 Å². The largest absolute Gasteiger partial charge is 0.302 e. The van der Waals surface area contributed by atoms with Crippen LogP contribution in [0.2, 0.25) is 0 Å². The minimum Gasteiger partial charge on any atom is -0.302 e. The highest BCUT2D eigenvalue weighted by Gasteiger charge is 2.29. The standard InChI is InChI=1S/C12H12N2O/c1-8-3-2-6-14-11(8)10(7-15)13-12(14)9-4-5-9/h2-3,6-7,9H,4-5H2,1H3. The molecule has 3 rings (SSSR count). The quantitative estimate of drug-likeness (QED) is 0.697. The van der Waals surface area contributed by atoms with Crippen LogP contribution in [-0.2, 0) is 0 Å². The van der Waals surface area contributed by atoms with Gasteiger partial charge in [-0.2, -0.15) is 0 Å². The van der Waals surface area contributed by atoms with E-state index in [9.17, 15) is 4.79 Å². The topological polar surface area (TPSA) is 34.4 Å². The molecular weight excluding hydrogens is 188 g/mol. The molecule has 0 aromatic carbocycles. The first-order valence-corrected chi connectivity index (χ1v) is 5.24. The molecule has 15 heavy (non-hydrogen) atoms. The van der Waals surface area contributed by atoms with Gasteiger partial charge in [-0.3, -0.25) is 4.79 Å². The first-order valence-electron chi connectivity index (χ1n) is 5.24. The van der Waals surface area contributed by atoms with E-state index >= 15 is 0 Å². The molecule has 1 aliphatic carbocycles.